The normalized spacial score (nSPS) is 19.1. The summed E-state index contributed by atoms with van der Waals surface area (Å²) in [5, 5.41) is 2.80. The minimum atomic E-state index is -0.475. The Kier molecular flexibility index (Phi) is 4.50. The molecular formula is C21H18FN3O3. The van der Waals surface area contributed by atoms with Crippen molar-refractivity contribution in [2.45, 2.75) is 25.8 Å². The van der Waals surface area contributed by atoms with Crippen LogP contribution in [0.1, 0.15) is 29.0 Å². The summed E-state index contributed by atoms with van der Waals surface area (Å²) in [4.78, 5) is 43.4. The first-order valence-corrected chi connectivity index (χ1v) is 8.99. The minimum Gasteiger partial charge on any atom is -0.347 e. The number of amides is 2. The number of pyridine rings is 1. The van der Waals surface area contributed by atoms with Crippen LogP contribution in [0.15, 0.2) is 53.6 Å². The second kappa shape index (κ2) is 6.99. The smallest absolute Gasteiger partial charge is 0.270 e. The molecular weight excluding hydrogens is 361 g/mol. The topological polar surface area (TPSA) is 79.4 Å². The molecule has 1 atom stereocenters. The highest BCUT2D eigenvalue weighted by Crippen LogP contribution is 2.33. The molecule has 1 N–H and O–H groups in total. The van der Waals surface area contributed by atoms with Gasteiger partial charge in [-0.1, -0.05) is 12.1 Å². The van der Waals surface area contributed by atoms with Crippen LogP contribution in [0.5, 0.6) is 0 Å². The standard InChI is InChI=1S/C21H18FN3O3/c1-12-4-2-7-18(23-12)20(27)24-14-9-16-17(19(26)10-14)11-25(21(16)28)15-6-3-5-13(22)8-15/h2-8,14H,9-11H2,1H3,(H,24,27). The van der Waals surface area contributed by atoms with Crippen LogP contribution in [0.3, 0.4) is 0 Å². The zero-order chi connectivity index (χ0) is 19.8. The summed E-state index contributed by atoms with van der Waals surface area (Å²) in [6, 6.07) is 10.4. The number of carbonyl (C=O) groups excluding carboxylic acids is 3. The Labute approximate surface area is 161 Å². The maximum Gasteiger partial charge on any atom is 0.270 e. The van der Waals surface area contributed by atoms with Crippen LogP contribution in [0.25, 0.3) is 0 Å². The number of aryl methyl sites for hydroxylation is 1. The second-order valence-electron chi connectivity index (χ2n) is 6.99. The molecule has 7 heteroatoms. The van der Waals surface area contributed by atoms with Crippen molar-refractivity contribution < 1.29 is 18.8 Å². The number of benzene rings is 1. The summed E-state index contributed by atoms with van der Waals surface area (Å²) in [6.07, 6.45) is 0.393. The van der Waals surface area contributed by atoms with Crippen molar-refractivity contribution in [1.29, 1.82) is 0 Å². The molecule has 2 amide bonds. The molecule has 0 saturated heterocycles. The van der Waals surface area contributed by atoms with Gasteiger partial charge in [-0.3, -0.25) is 14.4 Å². The Balaban J connectivity index is 1.51. The van der Waals surface area contributed by atoms with Crippen LogP contribution in [0.2, 0.25) is 0 Å². The molecule has 0 fully saturated rings. The number of hydrogen-bond donors (Lipinski definition) is 1. The zero-order valence-electron chi connectivity index (χ0n) is 15.2. The average molecular weight is 379 g/mol. The van der Waals surface area contributed by atoms with Crippen LogP contribution in [-0.4, -0.2) is 35.2 Å². The van der Waals surface area contributed by atoms with E-state index in [1.807, 2.05) is 0 Å². The minimum absolute atomic E-state index is 0.126. The fourth-order valence-corrected chi connectivity index (χ4v) is 3.63. The van der Waals surface area contributed by atoms with Gasteiger partial charge in [-0.15, -0.1) is 0 Å². The maximum atomic E-state index is 13.5. The number of aromatic nitrogens is 1. The summed E-state index contributed by atoms with van der Waals surface area (Å²) in [5.41, 5.74) is 2.24. The van der Waals surface area contributed by atoms with Crippen LogP contribution in [0, 0.1) is 12.7 Å². The third kappa shape index (κ3) is 3.31. The van der Waals surface area contributed by atoms with Gasteiger partial charge in [0.25, 0.3) is 11.8 Å². The Hall–Kier alpha value is -3.35. The summed E-state index contributed by atoms with van der Waals surface area (Å²) in [5.74, 6) is -1.31. The third-order valence-electron chi connectivity index (χ3n) is 4.98. The van der Waals surface area contributed by atoms with Crippen molar-refractivity contribution in [2.75, 3.05) is 11.4 Å². The molecule has 1 aromatic heterocycles. The Morgan fingerprint density at radius 1 is 1.14 bits per heavy atom. The van der Waals surface area contributed by atoms with Crippen LogP contribution < -0.4 is 10.2 Å². The molecule has 142 valence electrons. The van der Waals surface area contributed by atoms with Gasteiger partial charge in [0.15, 0.2) is 5.78 Å². The largest absolute Gasteiger partial charge is 0.347 e. The molecule has 2 aliphatic rings. The van der Waals surface area contributed by atoms with Crippen LogP contribution in [0.4, 0.5) is 10.1 Å². The van der Waals surface area contributed by atoms with E-state index in [0.717, 1.165) is 0 Å². The molecule has 0 radical (unpaired) electrons. The number of halogens is 1. The number of nitrogens with one attached hydrogen (secondary N) is 1. The molecule has 1 aliphatic carbocycles. The van der Waals surface area contributed by atoms with Gasteiger partial charge in [0.05, 0.1) is 6.54 Å². The van der Waals surface area contributed by atoms with Gasteiger partial charge in [-0.05, 0) is 43.7 Å². The first-order chi connectivity index (χ1) is 13.4. The van der Waals surface area contributed by atoms with Crippen molar-refractivity contribution in [2.24, 2.45) is 0 Å². The molecule has 4 rings (SSSR count). The van der Waals surface area contributed by atoms with E-state index in [1.54, 1.807) is 31.2 Å². The van der Waals surface area contributed by atoms with Crippen molar-refractivity contribution in [3.63, 3.8) is 0 Å². The van der Waals surface area contributed by atoms with E-state index >= 15 is 0 Å². The van der Waals surface area contributed by atoms with Crippen molar-refractivity contribution in [3.05, 3.63) is 70.8 Å². The molecule has 0 saturated carbocycles. The molecule has 2 heterocycles. The van der Waals surface area contributed by atoms with E-state index in [9.17, 15) is 18.8 Å². The number of anilines is 1. The lowest BCUT2D eigenvalue weighted by Crippen LogP contribution is -2.40. The number of ketones is 1. The van der Waals surface area contributed by atoms with Crippen LogP contribution >= 0.6 is 0 Å². The Morgan fingerprint density at radius 3 is 2.68 bits per heavy atom. The van der Waals surface area contributed by atoms with Gasteiger partial charge >= 0.3 is 0 Å². The molecule has 1 aliphatic heterocycles. The zero-order valence-corrected chi connectivity index (χ0v) is 15.2. The SMILES string of the molecule is Cc1cccc(C(=O)NC2CC(=O)C3=C(C2)C(=O)N(c2cccc(F)c2)C3)n1. The third-order valence-corrected chi connectivity index (χ3v) is 4.98. The summed E-state index contributed by atoms with van der Waals surface area (Å²) >= 11 is 0. The summed E-state index contributed by atoms with van der Waals surface area (Å²) in [6.45, 7) is 1.92. The molecule has 28 heavy (non-hydrogen) atoms. The number of nitrogens with zero attached hydrogens (tertiary/aromatic N) is 2. The highest BCUT2D eigenvalue weighted by molar-refractivity contribution is 6.17. The second-order valence-corrected chi connectivity index (χ2v) is 6.99. The Bertz CT molecular complexity index is 1030. The van der Waals surface area contributed by atoms with Crippen LogP contribution in [-0.2, 0) is 9.59 Å². The highest BCUT2D eigenvalue weighted by Gasteiger charge is 2.40. The molecule has 2 aromatic rings. The lowest BCUT2D eigenvalue weighted by molar-refractivity contribution is -0.117. The highest BCUT2D eigenvalue weighted by atomic mass is 19.1. The Morgan fingerprint density at radius 2 is 1.93 bits per heavy atom. The predicted octanol–water partition coefficient (Wildman–Crippen LogP) is 2.33. The first kappa shape index (κ1) is 18.0. The lowest BCUT2D eigenvalue weighted by atomic mass is 9.88. The van der Waals surface area contributed by atoms with E-state index in [1.165, 1.54) is 23.1 Å². The monoisotopic (exact) mass is 379 g/mol. The van der Waals surface area contributed by atoms with Crippen molar-refractivity contribution in [1.82, 2.24) is 10.3 Å². The average Bonchev–Trinajstić information content (AvgIpc) is 2.99. The molecule has 0 spiro atoms. The van der Waals surface area contributed by atoms with Gasteiger partial charge in [0.2, 0.25) is 0 Å². The molecule has 6 nitrogen and oxygen atoms in total. The van der Waals surface area contributed by atoms with Gasteiger partial charge in [-0.25, -0.2) is 9.37 Å². The fraction of sp³-hybridized carbons (Fsp3) is 0.238. The van der Waals surface area contributed by atoms with E-state index in [2.05, 4.69) is 10.3 Å². The van der Waals surface area contributed by atoms with E-state index in [0.29, 0.717) is 22.5 Å². The number of rotatable bonds is 3. The number of hydrogen-bond acceptors (Lipinski definition) is 4. The first-order valence-electron chi connectivity index (χ1n) is 8.99. The predicted molar refractivity (Wildman–Crippen MR) is 100 cm³/mol. The van der Waals surface area contributed by atoms with Crippen molar-refractivity contribution >= 4 is 23.3 Å². The van der Waals surface area contributed by atoms with Crippen molar-refractivity contribution in [3.8, 4) is 0 Å². The van der Waals surface area contributed by atoms with Gasteiger partial charge < -0.3 is 10.2 Å². The van der Waals surface area contributed by atoms with Gasteiger partial charge in [0, 0.05) is 35.0 Å². The molecule has 1 unspecified atom stereocenters. The molecule has 0 bridgehead atoms. The number of carbonyl (C=O) groups is 3. The number of Topliss-reactive ketones (excluding diaryl/α,β-unsaturated/α-hetero) is 1. The van der Waals surface area contributed by atoms with E-state index in [4.69, 9.17) is 0 Å². The maximum absolute atomic E-state index is 13.5. The molecule has 1 aromatic carbocycles. The quantitative estimate of drug-likeness (QED) is 0.888. The fourth-order valence-electron chi connectivity index (χ4n) is 3.63. The van der Waals surface area contributed by atoms with E-state index < -0.39 is 11.9 Å². The lowest BCUT2D eigenvalue weighted by Gasteiger charge is -2.22. The van der Waals surface area contributed by atoms with Gasteiger partial charge in [0.1, 0.15) is 11.5 Å². The van der Waals surface area contributed by atoms with E-state index in [-0.39, 0.29) is 42.7 Å². The summed E-state index contributed by atoms with van der Waals surface area (Å²) in [7, 11) is 0. The summed E-state index contributed by atoms with van der Waals surface area (Å²) < 4.78 is 13.5. The van der Waals surface area contributed by atoms with Gasteiger partial charge in [-0.2, -0.15) is 0 Å².